The lowest BCUT2D eigenvalue weighted by Gasteiger charge is -2.35. The first kappa shape index (κ1) is 21.7. The molecule has 4 rings (SSSR count). The van der Waals surface area contributed by atoms with E-state index in [2.05, 4.69) is 0 Å². The second-order valence-electron chi connectivity index (χ2n) is 8.89. The molecule has 0 aliphatic carbocycles. The van der Waals surface area contributed by atoms with Crippen LogP contribution < -0.4 is 4.74 Å². The Labute approximate surface area is 188 Å². The molecule has 0 unspecified atom stereocenters. The predicted octanol–water partition coefficient (Wildman–Crippen LogP) is 4.33. The van der Waals surface area contributed by atoms with Crippen molar-refractivity contribution in [1.82, 2.24) is 14.4 Å². The summed E-state index contributed by atoms with van der Waals surface area (Å²) in [6.07, 6.45) is 1.57. The van der Waals surface area contributed by atoms with Crippen molar-refractivity contribution in [1.29, 1.82) is 0 Å². The summed E-state index contributed by atoms with van der Waals surface area (Å²) in [6.45, 7) is 7.41. The van der Waals surface area contributed by atoms with Gasteiger partial charge in [-0.25, -0.2) is 4.79 Å². The largest absolute Gasteiger partial charge is 0.497 e. The van der Waals surface area contributed by atoms with Crippen LogP contribution in [0.3, 0.4) is 0 Å². The summed E-state index contributed by atoms with van der Waals surface area (Å²) >= 11 is 0. The SMILES string of the molecule is COc1ccc(-n2cc(C(=O)N3CCN(C(=O)OC(C)(C)C)CC3)c3ccccc32)cc1. The second kappa shape index (κ2) is 8.57. The molecule has 2 heterocycles. The average Bonchev–Trinajstić information content (AvgIpc) is 3.17. The first-order chi connectivity index (χ1) is 15.3. The van der Waals surface area contributed by atoms with Crippen molar-refractivity contribution in [3.8, 4) is 11.4 Å². The van der Waals surface area contributed by atoms with E-state index in [0.29, 0.717) is 31.7 Å². The maximum Gasteiger partial charge on any atom is 0.410 e. The molecule has 0 atom stereocenters. The molecule has 1 aliphatic rings. The van der Waals surface area contributed by atoms with E-state index in [1.54, 1.807) is 16.9 Å². The summed E-state index contributed by atoms with van der Waals surface area (Å²) in [5.74, 6) is 0.752. The van der Waals surface area contributed by atoms with Gasteiger partial charge in [-0.15, -0.1) is 0 Å². The number of amides is 2. The number of para-hydroxylation sites is 1. The van der Waals surface area contributed by atoms with Crippen molar-refractivity contribution in [2.24, 2.45) is 0 Å². The van der Waals surface area contributed by atoms with E-state index in [9.17, 15) is 9.59 Å². The first-order valence-corrected chi connectivity index (χ1v) is 10.8. The summed E-state index contributed by atoms with van der Waals surface area (Å²) in [5.41, 5.74) is 2.04. The third kappa shape index (κ3) is 4.42. The highest BCUT2D eigenvalue weighted by Crippen LogP contribution is 2.27. The molecule has 7 heteroatoms. The molecule has 0 bridgehead atoms. The third-order valence-electron chi connectivity index (χ3n) is 5.51. The third-order valence-corrected chi connectivity index (χ3v) is 5.51. The van der Waals surface area contributed by atoms with Crippen LogP contribution in [0.1, 0.15) is 31.1 Å². The van der Waals surface area contributed by atoms with Gasteiger partial charge >= 0.3 is 6.09 Å². The summed E-state index contributed by atoms with van der Waals surface area (Å²) in [4.78, 5) is 29.2. The van der Waals surface area contributed by atoms with Gasteiger partial charge in [-0.1, -0.05) is 18.2 Å². The summed E-state index contributed by atoms with van der Waals surface area (Å²) < 4.78 is 12.7. The number of fused-ring (bicyclic) bond motifs is 1. The fraction of sp³-hybridized carbons (Fsp3) is 0.360. The molecule has 32 heavy (non-hydrogen) atoms. The summed E-state index contributed by atoms with van der Waals surface area (Å²) in [6, 6.07) is 15.6. The molecule has 7 nitrogen and oxygen atoms in total. The molecule has 1 fully saturated rings. The smallest absolute Gasteiger partial charge is 0.410 e. The maximum atomic E-state index is 13.4. The van der Waals surface area contributed by atoms with Gasteiger partial charge < -0.3 is 23.8 Å². The lowest BCUT2D eigenvalue weighted by molar-refractivity contribution is 0.0141. The molecule has 2 aromatic carbocycles. The average molecular weight is 436 g/mol. The van der Waals surface area contributed by atoms with Crippen LogP contribution in [-0.2, 0) is 4.74 Å². The number of carbonyl (C=O) groups excluding carboxylic acids is 2. The lowest BCUT2D eigenvalue weighted by Crippen LogP contribution is -2.51. The molecule has 168 valence electrons. The van der Waals surface area contributed by atoms with Gasteiger partial charge in [0.1, 0.15) is 11.4 Å². The van der Waals surface area contributed by atoms with E-state index in [1.807, 2.05) is 80.1 Å². The number of carbonyl (C=O) groups is 2. The number of piperazine rings is 1. The molecule has 2 amide bonds. The number of methoxy groups -OCH3 is 1. The molecule has 0 radical (unpaired) electrons. The minimum absolute atomic E-state index is 0.0303. The minimum atomic E-state index is -0.534. The molecule has 0 N–H and O–H groups in total. The minimum Gasteiger partial charge on any atom is -0.497 e. The van der Waals surface area contributed by atoms with Crippen LogP contribution in [-0.4, -0.2) is 65.3 Å². The molecule has 0 saturated carbocycles. The van der Waals surface area contributed by atoms with Gasteiger partial charge in [0.15, 0.2) is 0 Å². The highest BCUT2D eigenvalue weighted by molar-refractivity contribution is 6.07. The van der Waals surface area contributed by atoms with Gasteiger partial charge in [-0.2, -0.15) is 0 Å². The fourth-order valence-corrected chi connectivity index (χ4v) is 3.90. The molecule has 0 spiro atoms. The molecular weight excluding hydrogens is 406 g/mol. The molecule has 1 saturated heterocycles. The van der Waals surface area contributed by atoms with E-state index in [1.165, 1.54) is 0 Å². The van der Waals surface area contributed by atoms with Crippen molar-refractivity contribution >= 4 is 22.9 Å². The van der Waals surface area contributed by atoms with Gasteiger partial charge in [0, 0.05) is 43.4 Å². The van der Waals surface area contributed by atoms with Crippen molar-refractivity contribution in [2.45, 2.75) is 26.4 Å². The Bertz CT molecular complexity index is 1120. The van der Waals surface area contributed by atoms with E-state index in [-0.39, 0.29) is 12.0 Å². The topological polar surface area (TPSA) is 64.0 Å². The second-order valence-corrected chi connectivity index (χ2v) is 8.89. The summed E-state index contributed by atoms with van der Waals surface area (Å²) in [7, 11) is 1.64. The number of hydrogen-bond donors (Lipinski definition) is 0. The van der Waals surface area contributed by atoms with Crippen molar-refractivity contribution in [3.63, 3.8) is 0 Å². The van der Waals surface area contributed by atoms with Crippen molar-refractivity contribution < 1.29 is 19.1 Å². The number of nitrogens with zero attached hydrogens (tertiary/aromatic N) is 3. The molecule has 3 aromatic rings. The summed E-state index contributed by atoms with van der Waals surface area (Å²) in [5, 5.41) is 0.905. The first-order valence-electron chi connectivity index (χ1n) is 10.8. The zero-order valence-electron chi connectivity index (χ0n) is 19.0. The standard InChI is InChI=1S/C25H29N3O4/c1-25(2,3)32-24(30)27-15-13-26(14-16-27)23(29)21-17-28(22-8-6-5-7-20(21)22)18-9-11-19(31-4)12-10-18/h5-12,17H,13-16H2,1-4H3. The Morgan fingerprint density at radius 1 is 0.875 bits per heavy atom. The van der Waals surface area contributed by atoms with Crippen LogP contribution in [0.2, 0.25) is 0 Å². The Morgan fingerprint density at radius 2 is 1.50 bits per heavy atom. The van der Waals surface area contributed by atoms with Gasteiger partial charge in [-0.3, -0.25) is 4.79 Å². The van der Waals surface area contributed by atoms with Crippen LogP contribution in [0.15, 0.2) is 54.7 Å². The van der Waals surface area contributed by atoms with Crippen LogP contribution in [0.5, 0.6) is 5.75 Å². The maximum absolute atomic E-state index is 13.4. The van der Waals surface area contributed by atoms with E-state index < -0.39 is 5.60 Å². The molecular formula is C25H29N3O4. The number of aromatic nitrogens is 1. The Hall–Kier alpha value is -3.48. The van der Waals surface area contributed by atoms with Crippen molar-refractivity contribution in [2.75, 3.05) is 33.3 Å². The van der Waals surface area contributed by atoms with E-state index >= 15 is 0 Å². The Balaban J connectivity index is 1.55. The Morgan fingerprint density at radius 3 is 2.12 bits per heavy atom. The molecule has 1 aromatic heterocycles. The normalized spacial score (nSPS) is 14.5. The predicted molar refractivity (Wildman–Crippen MR) is 124 cm³/mol. The van der Waals surface area contributed by atoms with Gasteiger partial charge in [-0.05, 0) is 51.1 Å². The number of ether oxygens (including phenoxy) is 2. The fourth-order valence-electron chi connectivity index (χ4n) is 3.90. The number of benzene rings is 2. The number of hydrogen-bond acceptors (Lipinski definition) is 4. The highest BCUT2D eigenvalue weighted by atomic mass is 16.6. The van der Waals surface area contributed by atoms with Crippen LogP contribution in [0.4, 0.5) is 4.79 Å². The van der Waals surface area contributed by atoms with Gasteiger partial charge in [0.05, 0.1) is 18.2 Å². The monoisotopic (exact) mass is 435 g/mol. The zero-order chi connectivity index (χ0) is 22.9. The van der Waals surface area contributed by atoms with Crippen LogP contribution >= 0.6 is 0 Å². The quantitative estimate of drug-likeness (QED) is 0.614. The molecule has 1 aliphatic heterocycles. The van der Waals surface area contributed by atoms with Crippen molar-refractivity contribution in [3.05, 3.63) is 60.3 Å². The van der Waals surface area contributed by atoms with E-state index in [0.717, 1.165) is 22.3 Å². The highest BCUT2D eigenvalue weighted by Gasteiger charge is 2.29. The lowest BCUT2D eigenvalue weighted by atomic mass is 10.1. The van der Waals surface area contributed by atoms with Crippen LogP contribution in [0, 0.1) is 0 Å². The number of rotatable bonds is 3. The zero-order valence-corrected chi connectivity index (χ0v) is 19.0. The van der Waals surface area contributed by atoms with Gasteiger partial charge in [0.25, 0.3) is 5.91 Å². The van der Waals surface area contributed by atoms with Crippen LogP contribution in [0.25, 0.3) is 16.6 Å². The Kier molecular flexibility index (Phi) is 5.82. The van der Waals surface area contributed by atoms with E-state index in [4.69, 9.17) is 9.47 Å². The van der Waals surface area contributed by atoms with Gasteiger partial charge in [0.2, 0.25) is 0 Å².